The third kappa shape index (κ3) is 7.40. The normalized spacial score (nSPS) is 13.0. The van der Waals surface area contributed by atoms with Crippen LogP contribution in [0.4, 0.5) is 0 Å². The Kier molecular flexibility index (Phi) is 8.57. The van der Waals surface area contributed by atoms with Gasteiger partial charge >= 0.3 is 0 Å². The molecule has 0 aliphatic rings. The van der Waals surface area contributed by atoms with E-state index in [4.69, 9.17) is 14.1 Å². The Morgan fingerprint density at radius 2 is 1.25 bits per heavy atom. The molecule has 0 radical (unpaired) electrons. The molecule has 0 spiro atoms. The van der Waals surface area contributed by atoms with Crippen molar-refractivity contribution >= 4 is 11.0 Å². The number of rotatable bonds is 6. The molecule has 2 aromatic heterocycles. The highest BCUT2D eigenvalue weighted by atomic mass is 16.3. The molecule has 0 aliphatic heterocycles. The molecule has 0 bridgehead atoms. The van der Waals surface area contributed by atoms with Crippen LogP contribution in [0.25, 0.3) is 72.7 Å². The molecule has 6 aromatic carbocycles. The van der Waals surface area contributed by atoms with Gasteiger partial charge in [-0.2, -0.15) is 0 Å². The zero-order valence-electron chi connectivity index (χ0n) is 37.1. The second kappa shape index (κ2) is 14.4. The third-order valence-corrected chi connectivity index (χ3v) is 10.9. The number of aryl methyl sites for hydroxylation is 3. The molecule has 0 amide bonds. The summed E-state index contributed by atoms with van der Waals surface area (Å²) in [4.78, 5) is 10.4. The first-order valence-corrected chi connectivity index (χ1v) is 19.6. The Balaban J connectivity index is 1.37. The van der Waals surface area contributed by atoms with Crippen LogP contribution < -0.4 is 0 Å². The zero-order chi connectivity index (χ0) is 42.7. The van der Waals surface area contributed by atoms with E-state index < -0.39 is 6.85 Å². The minimum atomic E-state index is -2.16. The predicted octanol–water partition coefficient (Wildman–Crippen LogP) is 14.0. The predicted molar refractivity (Wildman–Crippen MR) is 239 cm³/mol. The fourth-order valence-corrected chi connectivity index (χ4v) is 7.67. The van der Waals surface area contributed by atoms with Crippen molar-refractivity contribution in [1.29, 1.82) is 0 Å². The summed E-state index contributed by atoms with van der Waals surface area (Å²) in [5.74, 6) is 0.878. The smallest absolute Gasteiger partial charge is 0.149 e. The molecule has 0 aliphatic carbocycles. The van der Waals surface area contributed by atoms with Crippen molar-refractivity contribution in [3.63, 3.8) is 0 Å². The zero-order valence-corrected chi connectivity index (χ0v) is 34.1. The highest BCUT2D eigenvalue weighted by Gasteiger charge is 2.25. The summed E-state index contributed by atoms with van der Waals surface area (Å²) in [5.41, 5.74) is 15.4. The number of hydrogen-bond donors (Lipinski definition) is 1. The maximum atomic E-state index is 11.7. The van der Waals surface area contributed by atoms with E-state index in [9.17, 15) is 5.11 Å². The fourth-order valence-electron chi connectivity index (χ4n) is 7.67. The van der Waals surface area contributed by atoms with Gasteiger partial charge in [0, 0.05) is 27.1 Å². The largest absolute Gasteiger partial charge is 0.507 e. The van der Waals surface area contributed by atoms with Gasteiger partial charge in [0.05, 0.1) is 22.3 Å². The lowest BCUT2D eigenvalue weighted by Gasteiger charge is -2.23. The molecule has 4 heteroatoms. The minimum Gasteiger partial charge on any atom is -0.507 e. The summed E-state index contributed by atoms with van der Waals surface area (Å²) >= 11 is 0. The Bertz CT molecular complexity index is 2890. The van der Waals surface area contributed by atoms with Gasteiger partial charge in [0.1, 0.15) is 11.6 Å². The second-order valence-corrected chi connectivity index (χ2v) is 17.4. The first-order valence-electron chi connectivity index (χ1n) is 21.1. The first-order chi connectivity index (χ1) is 28.3. The topological polar surface area (TPSA) is 50.9 Å². The number of aromatic hydroxyl groups is 1. The van der Waals surface area contributed by atoms with Crippen LogP contribution in [0.5, 0.6) is 5.75 Å². The van der Waals surface area contributed by atoms with Crippen molar-refractivity contribution in [1.82, 2.24) is 14.5 Å². The number of aromatic nitrogens is 3. The van der Waals surface area contributed by atoms with Crippen molar-refractivity contribution in [2.45, 2.75) is 73.1 Å². The van der Waals surface area contributed by atoms with Crippen LogP contribution in [0.3, 0.4) is 0 Å². The van der Waals surface area contributed by atoms with E-state index in [0.29, 0.717) is 17.0 Å². The summed E-state index contributed by atoms with van der Waals surface area (Å²) < 4.78 is 25.6. The summed E-state index contributed by atoms with van der Waals surface area (Å²) in [6.07, 6.45) is 1.81. The average Bonchev–Trinajstić information content (AvgIpc) is 3.61. The highest BCUT2D eigenvalue weighted by molar-refractivity contribution is 5.97. The van der Waals surface area contributed by atoms with Gasteiger partial charge in [0.25, 0.3) is 0 Å². The molecule has 8 aromatic rings. The first kappa shape index (κ1) is 34.0. The number of benzene rings is 6. The SMILES string of the molecule is [2H]C([2H])([2H])c1ccc(-c2ccnc(-c3cc(-c4cccc5c4nc(-c4cc(C)cc(C)c4O)n5-c4cc(-c5ccccc5)cc(C(C)(C)C)c4)cc(C(C)(C)C)c3)c2)cc1. The highest BCUT2D eigenvalue weighted by Crippen LogP contribution is 2.42. The van der Waals surface area contributed by atoms with E-state index >= 15 is 0 Å². The Morgan fingerprint density at radius 3 is 1.96 bits per heavy atom. The van der Waals surface area contributed by atoms with Crippen LogP contribution in [-0.2, 0) is 10.8 Å². The maximum absolute atomic E-state index is 11.7. The Labute approximate surface area is 341 Å². The van der Waals surface area contributed by atoms with Crippen molar-refractivity contribution in [2.75, 3.05) is 0 Å². The van der Waals surface area contributed by atoms with E-state index in [1.54, 1.807) is 12.1 Å². The van der Waals surface area contributed by atoms with Gasteiger partial charge in [-0.25, -0.2) is 4.98 Å². The van der Waals surface area contributed by atoms with Gasteiger partial charge < -0.3 is 5.11 Å². The maximum Gasteiger partial charge on any atom is 0.149 e. The Morgan fingerprint density at radius 1 is 0.561 bits per heavy atom. The number of phenols is 1. The second-order valence-electron chi connectivity index (χ2n) is 17.4. The summed E-state index contributed by atoms with van der Waals surface area (Å²) in [6, 6.07) is 45.4. The van der Waals surface area contributed by atoms with Crippen molar-refractivity contribution in [2.24, 2.45) is 0 Å². The quantitative estimate of drug-likeness (QED) is 0.184. The van der Waals surface area contributed by atoms with E-state index in [0.717, 1.165) is 78.0 Å². The van der Waals surface area contributed by atoms with Crippen LogP contribution in [0.1, 0.15) is 73.5 Å². The summed E-state index contributed by atoms with van der Waals surface area (Å²) in [7, 11) is 0. The lowest BCUT2D eigenvalue weighted by atomic mass is 9.83. The third-order valence-electron chi connectivity index (χ3n) is 10.9. The van der Waals surface area contributed by atoms with Gasteiger partial charge in [0.15, 0.2) is 0 Å². The lowest BCUT2D eigenvalue weighted by molar-refractivity contribution is 0.472. The molecule has 2 heterocycles. The molecule has 4 nitrogen and oxygen atoms in total. The molecule has 0 atom stereocenters. The van der Waals surface area contributed by atoms with Crippen molar-refractivity contribution < 1.29 is 9.22 Å². The molecule has 57 heavy (non-hydrogen) atoms. The average molecular weight is 749 g/mol. The Hall–Kier alpha value is -6.26. The number of nitrogens with zero attached hydrogens (tertiary/aromatic N) is 3. The fraction of sp³-hybridized carbons (Fsp3) is 0.208. The van der Waals surface area contributed by atoms with Crippen LogP contribution in [0.15, 0.2) is 140 Å². The lowest BCUT2D eigenvalue weighted by Crippen LogP contribution is -2.12. The molecule has 0 saturated carbocycles. The molecule has 0 unspecified atom stereocenters. The molecule has 284 valence electrons. The van der Waals surface area contributed by atoms with Gasteiger partial charge in [0.2, 0.25) is 0 Å². The van der Waals surface area contributed by atoms with Crippen LogP contribution in [0.2, 0.25) is 0 Å². The summed E-state index contributed by atoms with van der Waals surface area (Å²) in [5, 5.41) is 11.7. The summed E-state index contributed by atoms with van der Waals surface area (Å²) in [6.45, 7) is 15.2. The van der Waals surface area contributed by atoms with E-state index in [-0.39, 0.29) is 16.6 Å². The van der Waals surface area contributed by atoms with Crippen molar-refractivity contribution in [3.8, 4) is 67.5 Å². The van der Waals surface area contributed by atoms with E-state index in [2.05, 4.69) is 138 Å². The molecule has 8 rings (SSSR count). The van der Waals surface area contributed by atoms with Crippen molar-refractivity contribution in [3.05, 3.63) is 167 Å². The molecule has 1 N–H and O–H groups in total. The number of fused-ring (bicyclic) bond motifs is 1. The number of phenolic OH excluding ortho intramolecular Hbond substituents is 1. The van der Waals surface area contributed by atoms with E-state index in [1.165, 1.54) is 5.56 Å². The van der Waals surface area contributed by atoms with Crippen LogP contribution in [-0.4, -0.2) is 19.6 Å². The van der Waals surface area contributed by atoms with Gasteiger partial charge in [-0.1, -0.05) is 132 Å². The number of para-hydroxylation sites is 1. The number of imidazole rings is 1. The van der Waals surface area contributed by atoms with E-state index in [1.807, 2.05) is 49.5 Å². The van der Waals surface area contributed by atoms with Crippen LogP contribution in [0, 0.1) is 20.7 Å². The van der Waals surface area contributed by atoms with Gasteiger partial charge in [-0.05, 0) is 130 Å². The molecule has 0 fully saturated rings. The molecular formula is C53H51N3O. The number of pyridine rings is 1. The minimum absolute atomic E-state index is 0.139. The van der Waals surface area contributed by atoms with Crippen LogP contribution >= 0.6 is 0 Å². The number of hydrogen-bond acceptors (Lipinski definition) is 3. The molecule has 0 saturated heterocycles. The standard InChI is InChI=1S/C53H51N3O/c1-33-18-20-37(21-19-33)38-22-23-54-47(31-38)41-26-40(28-42(29-41)52(4,5)6)45-16-13-17-48-49(45)55-51(46-25-34(2)24-35(3)50(46)57)56(48)44-30-39(36-14-11-10-12-15-36)27-43(32-44)53(7,8)9/h10-32,57H,1-9H3/i1D3. The molecular weight excluding hydrogens is 695 g/mol. The van der Waals surface area contributed by atoms with Gasteiger partial charge in [-0.3, -0.25) is 9.55 Å². The monoisotopic (exact) mass is 748 g/mol. The van der Waals surface area contributed by atoms with Gasteiger partial charge in [-0.15, -0.1) is 0 Å².